The molecular weight excluding hydrogens is 182 g/mol. The van der Waals surface area contributed by atoms with Crippen LogP contribution < -0.4 is 0 Å². The van der Waals surface area contributed by atoms with Gasteiger partial charge >= 0.3 is 0 Å². The summed E-state index contributed by atoms with van der Waals surface area (Å²) in [4.78, 5) is 0. The van der Waals surface area contributed by atoms with Crippen molar-refractivity contribution in [2.75, 3.05) is 0 Å². The van der Waals surface area contributed by atoms with Crippen molar-refractivity contribution < 1.29 is 0 Å². The highest BCUT2D eigenvalue weighted by molar-refractivity contribution is 5.40. The number of hydrogen-bond donors (Lipinski definition) is 0. The third-order valence-electron chi connectivity index (χ3n) is 3.31. The lowest BCUT2D eigenvalue weighted by molar-refractivity contribution is 0.652. The van der Waals surface area contributed by atoms with Gasteiger partial charge in [-0.1, -0.05) is 27.7 Å². The Bertz CT molecular complexity index is 343. The molecule has 0 unspecified atom stereocenters. The van der Waals surface area contributed by atoms with E-state index in [1.165, 1.54) is 17.0 Å². The molecular formula is C14H25N. The van der Waals surface area contributed by atoms with Gasteiger partial charge < -0.3 is 4.57 Å². The fourth-order valence-corrected chi connectivity index (χ4v) is 2.94. The molecule has 1 heteroatoms. The average Bonchev–Trinajstić information content (AvgIpc) is 2.36. The summed E-state index contributed by atoms with van der Waals surface area (Å²) in [5.41, 5.74) is 6.06. The van der Waals surface area contributed by atoms with Gasteiger partial charge in [0.1, 0.15) is 0 Å². The zero-order valence-corrected chi connectivity index (χ0v) is 11.3. The Hall–Kier alpha value is -0.720. The van der Waals surface area contributed by atoms with Crippen LogP contribution in [0.4, 0.5) is 0 Å². The van der Waals surface area contributed by atoms with Gasteiger partial charge in [-0.05, 0) is 43.7 Å². The largest absolute Gasteiger partial charge is 0.348 e. The Kier molecular flexibility index (Phi) is 3.64. The fourth-order valence-electron chi connectivity index (χ4n) is 2.94. The monoisotopic (exact) mass is 207 g/mol. The van der Waals surface area contributed by atoms with E-state index in [1.54, 1.807) is 5.56 Å². The molecule has 0 bridgehead atoms. The summed E-state index contributed by atoms with van der Waals surface area (Å²) in [6.45, 7) is 17.0. The molecule has 0 radical (unpaired) electrons. The molecule has 0 aliphatic carbocycles. The highest BCUT2D eigenvalue weighted by atomic mass is 15.0. The third kappa shape index (κ3) is 1.97. The first kappa shape index (κ1) is 12.4. The highest BCUT2D eigenvalue weighted by Crippen LogP contribution is 2.32. The fraction of sp³-hybridized carbons (Fsp3) is 0.714. The van der Waals surface area contributed by atoms with Crippen LogP contribution in [-0.4, -0.2) is 4.57 Å². The van der Waals surface area contributed by atoms with E-state index >= 15 is 0 Å². The molecule has 0 fully saturated rings. The molecule has 0 amide bonds. The van der Waals surface area contributed by atoms with Crippen molar-refractivity contribution in [1.29, 1.82) is 0 Å². The Labute approximate surface area is 94.5 Å². The highest BCUT2D eigenvalue weighted by Gasteiger charge is 2.19. The number of hydrogen-bond acceptors (Lipinski definition) is 0. The minimum Gasteiger partial charge on any atom is -0.348 e. The van der Waals surface area contributed by atoms with Crippen LogP contribution in [0.2, 0.25) is 0 Å². The van der Waals surface area contributed by atoms with Gasteiger partial charge in [-0.3, -0.25) is 0 Å². The first-order valence-electron chi connectivity index (χ1n) is 6.11. The maximum atomic E-state index is 2.48. The van der Waals surface area contributed by atoms with Crippen LogP contribution in [-0.2, 0) is 6.54 Å². The van der Waals surface area contributed by atoms with Gasteiger partial charge in [0.05, 0.1) is 0 Å². The van der Waals surface area contributed by atoms with Crippen molar-refractivity contribution in [3.63, 3.8) is 0 Å². The van der Waals surface area contributed by atoms with Gasteiger partial charge in [-0.15, -0.1) is 0 Å². The minimum absolute atomic E-state index is 0.621. The molecule has 0 spiro atoms. The van der Waals surface area contributed by atoms with Crippen molar-refractivity contribution in [3.8, 4) is 0 Å². The van der Waals surface area contributed by atoms with Crippen LogP contribution in [0.1, 0.15) is 69.0 Å². The maximum absolute atomic E-state index is 2.48. The van der Waals surface area contributed by atoms with Crippen molar-refractivity contribution in [2.24, 2.45) is 0 Å². The van der Waals surface area contributed by atoms with Crippen molar-refractivity contribution >= 4 is 0 Å². The zero-order chi connectivity index (χ0) is 11.7. The third-order valence-corrected chi connectivity index (χ3v) is 3.31. The predicted molar refractivity (Wildman–Crippen MR) is 67.8 cm³/mol. The van der Waals surface area contributed by atoms with Crippen molar-refractivity contribution in [1.82, 2.24) is 4.57 Å². The Morgan fingerprint density at radius 1 is 1.00 bits per heavy atom. The van der Waals surface area contributed by atoms with Gasteiger partial charge in [0.15, 0.2) is 0 Å². The molecule has 86 valence electrons. The van der Waals surface area contributed by atoms with E-state index in [4.69, 9.17) is 0 Å². The quantitative estimate of drug-likeness (QED) is 0.693. The Morgan fingerprint density at radius 2 is 1.53 bits per heavy atom. The molecule has 0 aliphatic rings. The van der Waals surface area contributed by atoms with Crippen LogP contribution in [0.5, 0.6) is 0 Å². The SMILES string of the molecule is CCn1c(C)c(C(C)C)c(C)c1C(C)C. The molecule has 0 saturated carbocycles. The summed E-state index contributed by atoms with van der Waals surface area (Å²) < 4.78 is 2.48. The predicted octanol–water partition coefficient (Wildman–Crippen LogP) is 4.37. The topological polar surface area (TPSA) is 4.93 Å². The van der Waals surface area contributed by atoms with E-state index in [-0.39, 0.29) is 0 Å². The Morgan fingerprint density at radius 3 is 1.80 bits per heavy atom. The molecule has 0 N–H and O–H groups in total. The standard InChI is InChI=1S/C14H25N/c1-8-15-12(7)13(9(2)3)11(6)14(15)10(4)5/h9-10H,8H2,1-7H3. The molecule has 15 heavy (non-hydrogen) atoms. The average molecular weight is 207 g/mol. The lowest BCUT2D eigenvalue weighted by Gasteiger charge is -2.12. The molecule has 1 aromatic heterocycles. The molecule has 1 rings (SSSR count). The van der Waals surface area contributed by atoms with E-state index in [9.17, 15) is 0 Å². The second-order valence-corrected chi connectivity index (χ2v) is 5.06. The van der Waals surface area contributed by atoms with Crippen LogP contribution in [0.3, 0.4) is 0 Å². The summed E-state index contributed by atoms with van der Waals surface area (Å²) in [5.74, 6) is 1.26. The van der Waals surface area contributed by atoms with Gasteiger partial charge in [0.2, 0.25) is 0 Å². The zero-order valence-electron chi connectivity index (χ0n) is 11.3. The smallest absolute Gasteiger partial charge is 0.0235 e. The summed E-state index contributed by atoms with van der Waals surface area (Å²) in [6, 6.07) is 0. The maximum Gasteiger partial charge on any atom is 0.0235 e. The van der Waals surface area contributed by atoms with E-state index in [0.717, 1.165) is 6.54 Å². The first-order chi connectivity index (χ1) is 6.91. The molecule has 1 heterocycles. The number of nitrogens with zero attached hydrogens (tertiary/aromatic N) is 1. The normalized spacial score (nSPS) is 11.8. The second-order valence-electron chi connectivity index (χ2n) is 5.06. The second kappa shape index (κ2) is 4.42. The van der Waals surface area contributed by atoms with Gasteiger partial charge in [-0.25, -0.2) is 0 Å². The number of aromatic nitrogens is 1. The van der Waals surface area contributed by atoms with Crippen LogP contribution >= 0.6 is 0 Å². The van der Waals surface area contributed by atoms with Crippen LogP contribution in [0, 0.1) is 13.8 Å². The minimum atomic E-state index is 0.621. The summed E-state index contributed by atoms with van der Waals surface area (Å²) in [6.07, 6.45) is 0. The van der Waals surface area contributed by atoms with Gasteiger partial charge in [-0.2, -0.15) is 0 Å². The van der Waals surface area contributed by atoms with Crippen LogP contribution in [0.15, 0.2) is 0 Å². The van der Waals surface area contributed by atoms with Gasteiger partial charge in [0, 0.05) is 17.9 Å². The number of rotatable bonds is 3. The molecule has 0 aromatic carbocycles. The van der Waals surface area contributed by atoms with E-state index in [2.05, 4.69) is 53.0 Å². The van der Waals surface area contributed by atoms with E-state index in [0.29, 0.717) is 11.8 Å². The summed E-state index contributed by atoms with van der Waals surface area (Å²) >= 11 is 0. The first-order valence-corrected chi connectivity index (χ1v) is 6.11. The Balaban J connectivity index is 3.45. The van der Waals surface area contributed by atoms with Gasteiger partial charge in [0.25, 0.3) is 0 Å². The van der Waals surface area contributed by atoms with E-state index in [1.807, 2.05) is 0 Å². The molecule has 0 atom stereocenters. The molecule has 1 nitrogen and oxygen atoms in total. The lowest BCUT2D eigenvalue weighted by Crippen LogP contribution is -2.04. The van der Waals surface area contributed by atoms with Crippen molar-refractivity contribution in [3.05, 3.63) is 22.5 Å². The van der Waals surface area contributed by atoms with E-state index < -0.39 is 0 Å². The van der Waals surface area contributed by atoms with Crippen molar-refractivity contribution in [2.45, 2.75) is 66.8 Å². The molecule has 0 saturated heterocycles. The molecule has 1 aromatic rings. The summed E-state index contributed by atoms with van der Waals surface area (Å²) in [7, 11) is 0. The van der Waals surface area contributed by atoms with Crippen LogP contribution in [0.25, 0.3) is 0 Å². The molecule has 0 aliphatic heterocycles. The lowest BCUT2D eigenvalue weighted by atomic mass is 9.96. The summed E-state index contributed by atoms with van der Waals surface area (Å²) in [5, 5.41) is 0.